The molecule has 1 amide bonds. The molecule has 2 rings (SSSR count). The third-order valence-electron chi connectivity index (χ3n) is 2.61. The average molecular weight is 283 g/mol. The van der Waals surface area contributed by atoms with Crippen LogP contribution in [0, 0.1) is 13.8 Å². The molecule has 0 aliphatic heterocycles. The highest BCUT2D eigenvalue weighted by molar-refractivity contribution is 7.22. The lowest BCUT2D eigenvalue weighted by atomic mass is 10.1. The number of fused-ring (bicyclic) bond motifs is 1. The molecule has 0 aliphatic carbocycles. The van der Waals surface area contributed by atoms with Crippen molar-refractivity contribution in [2.75, 3.05) is 11.2 Å². The monoisotopic (exact) mass is 282 g/mol. The van der Waals surface area contributed by atoms with Gasteiger partial charge in [-0.25, -0.2) is 4.98 Å². The molecule has 1 heterocycles. The first-order valence-corrected chi connectivity index (χ1v) is 7.19. The summed E-state index contributed by atoms with van der Waals surface area (Å²) in [7, 11) is 0. The molecule has 1 N–H and O–H groups in total. The number of nitrogens with zero attached hydrogens (tertiary/aromatic N) is 1. The van der Waals surface area contributed by atoms with Gasteiger partial charge in [-0.1, -0.05) is 17.4 Å². The van der Waals surface area contributed by atoms with E-state index >= 15 is 0 Å². The fourth-order valence-corrected chi connectivity index (χ4v) is 3.03. The predicted molar refractivity (Wildman–Crippen MR) is 77.7 cm³/mol. The maximum Gasteiger partial charge on any atom is 0.226 e. The highest BCUT2D eigenvalue weighted by Crippen LogP contribution is 2.29. The van der Waals surface area contributed by atoms with Crippen molar-refractivity contribution in [2.45, 2.75) is 26.7 Å². The van der Waals surface area contributed by atoms with Crippen LogP contribution in [0.5, 0.6) is 0 Å². The smallest absolute Gasteiger partial charge is 0.226 e. The van der Waals surface area contributed by atoms with Crippen LogP contribution in [0.25, 0.3) is 10.2 Å². The molecular weight excluding hydrogens is 268 g/mol. The number of nitrogens with one attached hydrogen (secondary N) is 1. The maximum absolute atomic E-state index is 11.6. The van der Waals surface area contributed by atoms with E-state index < -0.39 is 0 Å². The minimum atomic E-state index is -0.0240. The van der Waals surface area contributed by atoms with Crippen LogP contribution in [0.15, 0.2) is 12.1 Å². The maximum atomic E-state index is 11.6. The summed E-state index contributed by atoms with van der Waals surface area (Å²) < 4.78 is 1.11. The lowest BCUT2D eigenvalue weighted by Gasteiger charge is -1.98. The number of carbonyl (C=O) groups excluding carboxylic acids is 1. The third-order valence-corrected chi connectivity index (χ3v) is 3.80. The molecule has 0 bridgehead atoms. The van der Waals surface area contributed by atoms with Crippen molar-refractivity contribution >= 4 is 44.2 Å². The number of rotatable bonds is 4. The summed E-state index contributed by atoms with van der Waals surface area (Å²) in [6.45, 7) is 4.10. The molecule has 18 heavy (non-hydrogen) atoms. The van der Waals surface area contributed by atoms with Gasteiger partial charge in [-0.05, 0) is 37.5 Å². The van der Waals surface area contributed by atoms with E-state index in [1.165, 1.54) is 16.9 Å². The molecule has 0 aliphatic rings. The molecular formula is C13H15ClN2OS. The number of amides is 1. The molecule has 0 unspecified atom stereocenters. The number of hydrogen-bond acceptors (Lipinski definition) is 3. The second-order valence-corrected chi connectivity index (χ2v) is 5.70. The second-order valence-electron chi connectivity index (χ2n) is 4.29. The van der Waals surface area contributed by atoms with E-state index in [-0.39, 0.29) is 5.91 Å². The largest absolute Gasteiger partial charge is 0.302 e. The quantitative estimate of drug-likeness (QED) is 0.865. The van der Waals surface area contributed by atoms with Gasteiger partial charge in [-0.2, -0.15) is 0 Å². The molecule has 0 saturated carbocycles. The van der Waals surface area contributed by atoms with Crippen molar-refractivity contribution in [1.29, 1.82) is 0 Å². The molecule has 1 aromatic heterocycles. The average Bonchev–Trinajstić information content (AvgIpc) is 2.69. The number of carbonyl (C=O) groups is 1. The summed E-state index contributed by atoms with van der Waals surface area (Å²) in [6, 6.07) is 4.19. The standard InChI is InChI=1S/C13H15ClN2OS/c1-8-6-9(2)12-10(7-8)18-13(16-12)15-11(17)4-3-5-14/h6-7H,3-5H2,1-2H3,(H,15,16,17). The van der Waals surface area contributed by atoms with Gasteiger partial charge in [-0.3, -0.25) is 4.79 Å². The Balaban J connectivity index is 2.20. The zero-order chi connectivity index (χ0) is 13.1. The summed E-state index contributed by atoms with van der Waals surface area (Å²) in [5.74, 6) is 0.482. The number of aromatic nitrogens is 1. The molecule has 0 radical (unpaired) electrons. The Labute approximate surface area is 115 Å². The molecule has 3 nitrogen and oxygen atoms in total. The minimum Gasteiger partial charge on any atom is -0.302 e. The Morgan fingerprint density at radius 2 is 2.22 bits per heavy atom. The zero-order valence-corrected chi connectivity index (χ0v) is 12.0. The van der Waals surface area contributed by atoms with Crippen LogP contribution in [0.1, 0.15) is 24.0 Å². The second kappa shape index (κ2) is 5.67. The van der Waals surface area contributed by atoms with Crippen LogP contribution in [-0.2, 0) is 4.79 Å². The van der Waals surface area contributed by atoms with Gasteiger partial charge in [0, 0.05) is 12.3 Å². The summed E-state index contributed by atoms with van der Waals surface area (Å²) in [4.78, 5) is 16.1. The van der Waals surface area contributed by atoms with Gasteiger partial charge in [0.05, 0.1) is 10.2 Å². The first kappa shape index (κ1) is 13.3. The Hall–Kier alpha value is -1.13. The summed E-state index contributed by atoms with van der Waals surface area (Å²) in [5, 5.41) is 3.49. The topological polar surface area (TPSA) is 42.0 Å². The Kier molecular flexibility index (Phi) is 4.19. The molecule has 0 saturated heterocycles. The zero-order valence-electron chi connectivity index (χ0n) is 10.4. The van der Waals surface area contributed by atoms with Gasteiger partial charge in [0.25, 0.3) is 0 Å². The van der Waals surface area contributed by atoms with Crippen molar-refractivity contribution < 1.29 is 4.79 Å². The van der Waals surface area contributed by atoms with Crippen LogP contribution in [0.4, 0.5) is 5.13 Å². The van der Waals surface area contributed by atoms with Crippen LogP contribution in [0.3, 0.4) is 0 Å². The van der Waals surface area contributed by atoms with Gasteiger partial charge in [0.1, 0.15) is 0 Å². The van der Waals surface area contributed by atoms with E-state index in [1.54, 1.807) is 0 Å². The van der Waals surface area contributed by atoms with E-state index in [0.717, 1.165) is 15.8 Å². The predicted octanol–water partition coefficient (Wildman–Crippen LogP) is 3.87. The molecule has 2 aromatic rings. The number of halogens is 1. The number of anilines is 1. The molecule has 1 aromatic carbocycles. The van der Waals surface area contributed by atoms with E-state index in [2.05, 4.69) is 29.4 Å². The molecule has 0 spiro atoms. The fraction of sp³-hybridized carbons (Fsp3) is 0.385. The van der Waals surface area contributed by atoms with Crippen molar-refractivity contribution in [3.8, 4) is 0 Å². The number of thiazole rings is 1. The molecule has 96 valence electrons. The Morgan fingerprint density at radius 3 is 2.94 bits per heavy atom. The van der Waals surface area contributed by atoms with E-state index in [9.17, 15) is 4.79 Å². The van der Waals surface area contributed by atoms with Crippen LogP contribution >= 0.6 is 22.9 Å². The molecule has 5 heteroatoms. The van der Waals surface area contributed by atoms with Gasteiger partial charge < -0.3 is 5.32 Å². The summed E-state index contributed by atoms with van der Waals surface area (Å²) in [5.41, 5.74) is 3.32. The van der Waals surface area contributed by atoms with Crippen molar-refractivity contribution in [3.63, 3.8) is 0 Å². The summed E-state index contributed by atoms with van der Waals surface area (Å²) >= 11 is 7.07. The van der Waals surface area contributed by atoms with E-state index in [1.807, 2.05) is 6.92 Å². The van der Waals surface area contributed by atoms with E-state index in [4.69, 9.17) is 11.6 Å². The Morgan fingerprint density at radius 1 is 1.44 bits per heavy atom. The van der Waals surface area contributed by atoms with Crippen LogP contribution in [0.2, 0.25) is 0 Å². The lowest BCUT2D eigenvalue weighted by molar-refractivity contribution is -0.116. The first-order chi connectivity index (χ1) is 8.60. The van der Waals surface area contributed by atoms with Crippen molar-refractivity contribution in [3.05, 3.63) is 23.3 Å². The van der Waals surface area contributed by atoms with Gasteiger partial charge in [0.2, 0.25) is 5.91 Å². The van der Waals surface area contributed by atoms with Gasteiger partial charge in [-0.15, -0.1) is 11.6 Å². The minimum absolute atomic E-state index is 0.0240. The third kappa shape index (κ3) is 3.00. The highest BCUT2D eigenvalue weighted by atomic mass is 35.5. The SMILES string of the molecule is Cc1cc(C)c2nc(NC(=O)CCCCl)sc2c1. The van der Waals surface area contributed by atoms with Gasteiger partial charge in [0.15, 0.2) is 5.13 Å². The lowest BCUT2D eigenvalue weighted by Crippen LogP contribution is -2.10. The van der Waals surface area contributed by atoms with Gasteiger partial charge >= 0.3 is 0 Å². The number of aryl methyl sites for hydroxylation is 2. The van der Waals surface area contributed by atoms with E-state index in [0.29, 0.717) is 23.9 Å². The normalized spacial score (nSPS) is 10.8. The van der Waals surface area contributed by atoms with Crippen LogP contribution < -0.4 is 5.32 Å². The number of hydrogen-bond donors (Lipinski definition) is 1. The number of alkyl halides is 1. The van der Waals surface area contributed by atoms with Crippen molar-refractivity contribution in [2.24, 2.45) is 0 Å². The first-order valence-electron chi connectivity index (χ1n) is 5.84. The molecule has 0 fully saturated rings. The fourth-order valence-electron chi connectivity index (χ4n) is 1.83. The Bertz CT molecular complexity index is 580. The summed E-state index contributed by atoms with van der Waals surface area (Å²) in [6.07, 6.45) is 1.13. The highest BCUT2D eigenvalue weighted by Gasteiger charge is 2.09. The van der Waals surface area contributed by atoms with Crippen molar-refractivity contribution in [1.82, 2.24) is 4.98 Å². The number of benzene rings is 1. The van der Waals surface area contributed by atoms with Crippen LogP contribution in [-0.4, -0.2) is 16.8 Å². The molecule has 0 atom stereocenters.